The van der Waals surface area contributed by atoms with Crippen molar-refractivity contribution in [3.8, 4) is 0 Å². The van der Waals surface area contributed by atoms with E-state index < -0.39 is 35.2 Å². The van der Waals surface area contributed by atoms with Crippen molar-refractivity contribution >= 4 is 0 Å². The molecule has 0 aliphatic carbocycles. The summed E-state index contributed by atoms with van der Waals surface area (Å²) in [7, 11) is 0. The summed E-state index contributed by atoms with van der Waals surface area (Å²) in [5, 5.41) is 0. The lowest BCUT2D eigenvalue weighted by molar-refractivity contribution is -0.142. The topological polar surface area (TPSA) is 3.24 Å². The fraction of sp³-hybridized carbons (Fsp3) is 0.429. The van der Waals surface area contributed by atoms with E-state index in [1.807, 2.05) is 0 Å². The highest BCUT2D eigenvalue weighted by molar-refractivity contribution is 5.35. The van der Waals surface area contributed by atoms with Crippen LogP contribution >= 0.6 is 0 Å². The molecule has 3 rings (SSSR count). The Morgan fingerprint density at radius 2 is 1.16 bits per heavy atom. The number of alkyl halides is 9. The number of nitrogens with zero attached hydrogens (tertiary/aromatic N) is 1. The monoisotopic (exact) mass is 457 g/mol. The third-order valence-electron chi connectivity index (χ3n) is 4.68. The molecule has 172 valence electrons. The number of hydrogen-bond donors (Lipinski definition) is 0. The second kappa shape index (κ2) is 9.93. The van der Waals surface area contributed by atoms with Gasteiger partial charge in [0.15, 0.2) is 0 Å². The van der Waals surface area contributed by atoms with Gasteiger partial charge in [-0.3, -0.25) is 4.90 Å². The summed E-state index contributed by atoms with van der Waals surface area (Å²) < 4.78 is 112. The molecule has 0 atom stereocenters. The van der Waals surface area contributed by atoms with E-state index in [0.29, 0.717) is 31.3 Å². The van der Waals surface area contributed by atoms with Crippen molar-refractivity contribution in [1.82, 2.24) is 4.90 Å². The molecule has 2 aromatic rings. The molecular formula is C21H20F9N. The van der Waals surface area contributed by atoms with Gasteiger partial charge in [-0.1, -0.05) is 36.8 Å². The van der Waals surface area contributed by atoms with Crippen LogP contribution in [0.3, 0.4) is 0 Å². The number of hydrogen-bond acceptors (Lipinski definition) is 1. The predicted octanol–water partition coefficient (Wildman–Crippen LogP) is 7.42. The number of likely N-dealkylation sites (tertiary alicyclic amines) is 1. The van der Waals surface area contributed by atoms with Crippen molar-refractivity contribution in [3.05, 3.63) is 70.8 Å². The molecule has 0 amide bonds. The Balaban J connectivity index is 0.000000285. The first kappa shape index (κ1) is 25.0. The quantitative estimate of drug-likeness (QED) is 0.425. The molecule has 1 heterocycles. The zero-order valence-electron chi connectivity index (χ0n) is 16.2. The average molecular weight is 457 g/mol. The molecule has 1 aliphatic rings. The summed E-state index contributed by atoms with van der Waals surface area (Å²) in [5.41, 5.74) is -2.93. The molecular weight excluding hydrogens is 437 g/mol. The second-order valence-corrected chi connectivity index (χ2v) is 7.07. The maximum absolute atomic E-state index is 12.9. The largest absolute Gasteiger partial charge is 0.416 e. The second-order valence-electron chi connectivity index (χ2n) is 7.07. The highest BCUT2D eigenvalue weighted by Crippen LogP contribution is 2.37. The first-order valence-electron chi connectivity index (χ1n) is 9.40. The Morgan fingerprint density at radius 3 is 1.61 bits per heavy atom. The normalized spacial score (nSPS) is 15.9. The fourth-order valence-electron chi connectivity index (χ4n) is 3.16. The molecule has 0 radical (unpaired) electrons. The third kappa shape index (κ3) is 7.75. The Hall–Kier alpha value is -2.23. The van der Waals surface area contributed by atoms with Crippen LogP contribution in [-0.2, 0) is 25.1 Å². The summed E-state index contributed by atoms with van der Waals surface area (Å²) >= 11 is 0. The van der Waals surface area contributed by atoms with E-state index in [9.17, 15) is 39.5 Å². The highest BCUT2D eigenvalue weighted by atomic mass is 19.4. The van der Waals surface area contributed by atoms with Crippen molar-refractivity contribution in [2.24, 2.45) is 0 Å². The number of benzene rings is 2. The van der Waals surface area contributed by atoms with Crippen LogP contribution in [0, 0.1) is 0 Å². The Bertz CT molecular complexity index is 817. The first-order chi connectivity index (χ1) is 14.3. The molecule has 0 bridgehead atoms. The fourth-order valence-corrected chi connectivity index (χ4v) is 3.16. The summed E-state index contributed by atoms with van der Waals surface area (Å²) in [4.78, 5) is 1.77. The molecule has 0 saturated carbocycles. The van der Waals surface area contributed by atoms with Crippen LogP contribution in [-0.4, -0.2) is 18.0 Å². The molecule has 10 heteroatoms. The lowest BCUT2D eigenvalue weighted by atomic mass is 10.0. The van der Waals surface area contributed by atoms with E-state index in [1.165, 1.54) is 12.1 Å². The molecule has 1 nitrogen and oxygen atoms in total. The number of halogens is 9. The minimum Gasteiger partial charge on any atom is -0.299 e. The van der Waals surface area contributed by atoms with E-state index in [2.05, 4.69) is 0 Å². The van der Waals surface area contributed by atoms with Gasteiger partial charge in [0.25, 0.3) is 0 Å². The SMILES string of the molecule is FC(F)(F)c1ccc(C(F)(F)F)c(CN2CCCCC2)c1.FC(F)(F)c1ccccc1. The lowest BCUT2D eigenvalue weighted by Crippen LogP contribution is -2.30. The summed E-state index contributed by atoms with van der Waals surface area (Å²) in [5.74, 6) is 0. The first-order valence-corrected chi connectivity index (χ1v) is 9.40. The van der Waals surface area contributed by atoms with Crippen LogP contribution in [0.5, 0.6) is 0 Å². The van der Waals surface area contributed by atoms with Gasteiger partial charge in [-0.25, -0.2) is 0 Å². The van der Waals surface area contributed by atoms with E-state index in [0.717, 1.165) is 31.4 Å². The van der Waals surface area contributed by atoms with Gasteiger partial charge in [0.2, 0.25) is 0 Å². The summed E-state index contributed by atoms with van der Waals surface area (Å²) in [6.45, 7) is 1.14. The molecule has 1 aliphatic heterocycles. The number of piperidine rings is 1. The average Bonchev–Trinajstić information content (AvgIpc) is 2.68. The summed E-state index contributed by atoms with van der Waals surface area (Å²) in [6, 6.07) is 8.00. The van der Waals surface area contributed by atoms with Crippen molar-refractivity contribution < 1.29 is 39.5 Å². The van der Waals surface area contributed by atoms with Gasteiger partial charge in [-0.15, -0.1) is 0 Å². The molecule has 0 spiro atoms. The van der Waals surface area contributed by atoms with Crippen molar-refractivity contribution in [1.29, 1.82) is 0 Å². The molecule has 0 aromatic heterocycles. The number of rotatable bonds is 2. The Labute approximate surface area is 173 Å². The van der Waals surface area contributed by atoms with Crippen LogP contribution in [0.4, 0.5) is 39.5 Å². The van der Waals surface area contributed by atoms with Crippen LogP contribution in [0.25, 0.3) is 0 Å². The Kier molecular flexibility index (Phi) is 8.02. The molecule has 1 saturated heterocycles. The lowest BCUT2D eigenvalue weighted by Gasteiger charge is -2.28. The van der Waals surface area contributed by atoms with Gasteiger partial charge in [-0.2, -0.15) is 39.5 Å². The van der Waals surface area contributed by atoms with Gasteiger partial charge >= 0.3 is 18.5 Å². The van der Waals surface area contributed by atoms with E-state index in [-0.39, 0.29) is 12.1 Å². The van der Waals surface area contributed by atoms with Gasteiger partial charge in [0, 0.05) is 6.54 Å². The van der Waals surface area contributed by atoms with Crippen molar-refractivity contribution in [2.45, 2.75) is 44.3 Å². The van der Waals surface area contributed by atoms with Gasteiger partial charge in [0.05, 0.1) is 16.7 Å². The standard InChI is InChI=1S/C14H15F6N.C7H5F3/c15-13(16,17)11-4-5-12(14(18,19)20)10(8-11)9-21-6-2-1-3-7-21;8-7(9,10)6-4-2-1-3-5-6/h4-5,8H,1-3,6-7,9H2;1-5H. The zero-order valence-corrected chi connectivity index (χ0v) is 16.2. The van der Waals surface area contributed by atoms with Crippen LogP contribution in [0.2, 0.25) is 0 Å². The minimum atomic E-state index is -4.64. The minimum absolute atomic E-state index is 0.0984. The molecule has 2 aromatic carbocycles. The summed E-state index contributed by atoms with van der Waals surface area (Å²) in [6.07, 6.45) is -10.8. The maximum Gasteiger partial charge on any atom is 0.416 e. The van der Waals surface area contributed by atoms with Crippen LogP contribution in [0.1, 0.15) is 41.5 Å². The molecule has 0 N–H and O–H groups in total. The zero-order chi connectivity index (χ0) is 23.3. The van der Waals surface area contributed by atoms with E-state index >= 15 is 0 Å². The smallest absolute Gasteiger partial charge is 0.299 e. The maximum atomic E-state index is 12.9. The molecule has 0 unspecified atom stereocenters. The third-order valence-corrected chi connectivity index (χ3v) is 4.68. The van der Waals surface area contributed by atoms with Gasteiger partial charge in [0.1, 0.15) is 0 Å². The van der Waals surface area contributed by atoms with E-state index in [1.54, 1.807) is 11.0 Å². The van der Waals surface area contributed by atoms with Gasteiger partial charge in [-0.05, 0) is 49.7 Å². The predicted molar refractivity (Wildman–Crippen MR) is 97.0 cm³/mol. The van der Waals surface area contributed by atoms with Crippen LogP contribution < -0.4 is 0 Å². The van der Waals surface area contributed by atoms with Crippen LogP contribution in [0.15, 0.2) is 48.5 Å². The molecule has 1 fully saturated rings. The van der Waals surface area contributed by atoms with Crippen molar-refractivity contribution in [3.63, 3.8) is 0 Å². The van der Waals surface area contributed by atoms with Gasteiger partial charge < -0.3 is 0 Å². The Morgan fingerprint density at radius 1 is 0.613 bits per heavy atom. The highest BCUT2D eigenvalue weighted by Gasteiger charge is 2.37. The van der Waals surface area contributed by atoms with E-state index in [4.69, 9.17) is 0 Å². The van der Waals surface area contributed by atoms with Crippen molar-refractivity contribution in [2.75, 3.05) is 13.1 Å². The molecule has 31 heavy (non-hydrogen) atoms.